The van der Waals surface area contributed by atoms with Crippen molar-refractivity contribution in [2.24, 2.45) is 0 Å². The average Bonchev–Trinajstić information content (AvgIpc) is 3.09. The molecule has 1 saturated heterocycles. The lowest BCUT2D eigenvalue weighted by atomic mass is 10.2. The van der Waals surface area contributed by atoms with Crippen LogP contribution in [0.5, 0.6) is 0 Å². The number of carbonyl (C=O) groups excluding carboxylic acids is 2. The Morgan fingerprint density at radius 3 is 2.28 bits per heavy atom. The van der Waals surface area contributed by atoms with Crippen LogP contribution in [0, 0.1) is 0 Å². The molecule has 0 aliphatic carbocycles. The fourth-order valence-corrected chi connectivity index (χ4v) is 4.59. The Hall–Kier alpha value is -2.58. The van der Waals surface area contributed by atoms with Crippen molar-refractivity contribution < 1.29 is 18.0 Å². The summed E-state index contributed by atoms with van der Waals surface area (Å²) in [6, 6.07) is 12.2. The summed E-state index contributed by atoms with van der Waals surface area (Å²) >= 11 is 5.88. The summed E-state index contributed by atoms with van der Waals surface area (Å²) in [6.45, 7) is 2.20. The molecule has 1 fully saturated rings. The predicted molar refractivity (Wildman–Crippen MR) is 115 cm³/mol. The third-order valence-corrected chi connectivity index (χ3v) is 6.18. The lowest BCUT2D eigenvalue weighted by molar-refractivity contribution is -0.117. The van der Waals surface area contributed by atoms with Crippen LogP contribution in [0.1, 0.15) is 19.8 Å². The van der Waals surface area contributed by atoms with Crippen LogP contribution >= 0.6 is 11.6 Å². The van der Waals surface area contributed by atoms with Gasteiger partial charge in [-0.1, -0.05) is 11.6 Å². The lowest BCUT2D eigenvalue weighted by Gasteiger charge is -2.28. The molecular weight excluding hydrogens is 414 g/mol. The fourth-order valence-electron chi connectivity index (χ4n) is 3.29. The Labute approximate surface area is 175 Å². The van der Waals surface area contributed by atoms with Crippen LogP contribution in [-0.2, 0) is 19.6 Å². The molecule has 1 aliphatic heterocycles. The summed E-state index contributed by atoms with van der Waals surface area (Å²) in [6.07, 6.45) is 2.43. The first-order chi connectivity index (χ1) is 13.7. The fraction of sp³-hybridized carbons (Fsp3) is 0.300. The highest BCUT2D eigenvalue weighted by molar-refractivity contribution is 7.92. The molecule has 2 aromatic rings. The van der Waals surface area contributed by atoms with Crippen molar-refractivity contribution in [2.45, 2.75) is 25.8 Å². The highest BCUT2D eigenvalue weighted by atomic mass is 35.5. The minimum atomic E-state index is -3.71. The molecule has 1 heterocycles. The van der Waals surface area contributed by atoms with Gasteiger partial charge in [0.1, 0.15) is 6.04 Å². The van der Waals surface area contributed by atoms with Gasteiger partial charge in [0.05, 0.1) is 11.9 Å². The van der Waals surface area contributed by atoms with Crippen molar-refractivity contribution in [1.29, 1.82) is 0 Å². The number of benzene rings is 2. The van der Waals surface area contributed by atoms with Gasteiger partial charge in [-0.3, -0.25) is 13.9 Å². The third kappa shape index (κ3) is 4.89. The molecule has 0 unspecified atom stereocenters. The van der Waals surface area contributed by atoms with E-state index in [2.05, 4.69) is 5.32 Å². The molecule has 0 aromatic heterocycles. The van der Waals surface area contributed by atoms with Crippen LogP contribution in [0.2, 0.25) is 5.02 Å². The van der Waals surface area contributed by atoms with Crippen molar-refractivity contribution in [3.8, 4) is 0 Å². The minimum Gasteiger partial charge on any atom is -0.324 e. The molecule has 2 aromatic carbocycles. The number of carbonyl (C=O) groups is 2. The maximum atomic E-state index is 12.7. The van der Waals surface area contributed by atoms with Crippen LogP contribution in [0.4, 0.5) is 17.1 Å². The second-order valence-electron chi connectivity index (χ2n) is 6.90. The summed E-state index contributed by atoms with van der Waals surface area (Å²) in [4.78, 5) is 26.3. The maximum Gasteiger partial charge on any atom is 0.247 e. The van der Waals surface area contributed by atoms with E-state index in [-0.39, 0.29) is 5.91 Å². The number of amides is 2. The van der Waals surface area contributed by atoms with Gasteiger partial charge in [-0.2, -0.15) is 0 Å². The molecule has 3 rings (SSSR count). The van der Waals surface area contributed by atoms with Crippen molar-refractivity contribution in [3.63, 3.8) is 0 Å². The zero-order valence-electron chi connectivity index (χ0n) is 16.1. The van der Waals surface area contributed by atoms with Gasteiger partial charge in [-0.25, -0.2) is 8.42 Å². The van der Waals surface area contributed by atoms with E-state index >= 15 is 0 Å². The Balaban J connectivity index is 1.76. The first-order valence-corrected chi connectivity index (χ1v) is 11.4. The van der Waals surface area contributed by atoms with Crippen LogP contribution in [0.15, 0.2) is 48.5 Å². The maximum absolute atomic E-state index is 12.7. The molecule has 29 heavy (non-hydrogen) atoms. The monoisotopic (exact) mass is 435 g/mol. The van der Waals surface area contributed by atoms with E-state index < -0.39 is 22.0 Å². The van der Waals surface area contributed by atoms with Crippen molar-refractivity contribution in [3.05, 3.63) is 53.6 Å². The van der Waals surface area contributed by atoms with Gasteiger partial charge < -0.3 is 10.2 Å². The molecule has 2 amide bonds. The van der Waals surface area contributed by atoms with Crippen molar-refractivity contribution in [1.82, 2.24) is 0 Å². The number of nitrogens with one attached hydrogen (secondary N) is 1. The van der Waals surface area contributed by atoms with Crippen molar-refractivity contribution >= 4 is 50.5 Å². The predicted octanol–water partition coefficient (Wildman–Crippen LogP) is 3.26. The van der Waals surface area contributed by atoms with Crippen LogP contribution in [0.25, 0.3) is 0 Å². The number of rotatable bonds is 6. The molecule has 0 spiro atoms. The molecule has 154 valence electrons. The lowest BCUT2D eigenvalue weighted by Crippen LogP contribution is -2.45. The molecule has 1 N–H and O–H groups in total. The molecule has 0 radical (unpaired) electrons. The Morgan fingerprint density at radius 2 is 1.76 bits per heavy atom. The zero-order valence-corrected chi connectivity index (χ0v) is 17.7. The van der Waals surface area contributed by atoms with Gasteiger partial charge in [-0.05, 0) is 61.9 Å². The highest BCUT2D eigenvalue weighted by Gasteiger charge is 2.29. The SMILES string of the molecule is C[C@@H](C(=O)Nc1ccc(N2CCCC2=O)cc1)N(c1ccc(Cl)cc1)S(C)(=O)=O. The van der Waals surface area contributed by atoms with Crippen LogP contribution < -0.4 is 14.5 Å². The Kier molecular flexibility index (Phi) is 6.14. The number of hydrogen-bond donors (Lipinski definition) is 1. The number of sulfonamides is 1. The largest absolute Gasteiger partial charge is 0.324 e. The van der Waals surface area contributed by atoms with Crippen LogP contribution in [-0.4, -0.2) is 39.1 Å². The van der Waals surface area contributed by atoms with E-state index in [0.29, 0.717) is 29.4 Å². The molecular formula is C20H22ClN3O4S. The molecule has 0 bridgehead atoms. The Bertz CT molecular complexity index is 1010. The van der Waals surface area contributed by atoms with Gasteiger partial charge >= 0.3 is 0 Å². The summed E-state index contributed by atoms with van der Waals surface area (Å²) in [5, 5.41) is 3.20. The van der Waals surface area contributed by atoms with E-state index in [4.69, 9.17) is 11.6 Å². The topological polar surface area (TPSA) is 86.8 Å². The summed E-state index contributed by atoms with van der Waals surface area (Å²) in [5.41, 5.74) is 1.64. The summed E-state index contributed by atoms with van der Waals surface area (Å²) < 4.78 is 25.7. The average molecular weight is 436 g/mol. The van der Waals surface area contributed by atoms with Gasteiger partial charge in [-0.15, -0.1) is 0 Å². The van der Waals surface area contributed by atoms with Gasteiger partial charge in [0.25, 0.3) is 0 Å². The minimum absolute atomic E-state index is 0.0853. The second-order valence-corrected chi connectivity index (χ2v) is 9.19. The molecule has 1 aliphatic rings. The summed E-state index contributed by atoms with van der Waals surface area (Å²) in [7, 11) is -3.71. The number of halogens is 1. The molecule has 7 nitrogen and oxygen atoms in total. The standard InChI is InChI=1S/C20H22ClN3O4S/c1-14(24(29(2,27)28)18-9-5-15(21)6-10-18)20(26)22-16-7-11-17(12-8-16)23-13-3-4-19(23)25/h5-12,14H,3-4,13H2,1-2H3,(H,22,26)/t14-/m0/s1. The zero-order chi connectivity index (χ0) is 21.2. The second kappa shape index (κ2) is 8.42. The number of hydrogen-bond acceptors (Lipinski definition) is 4. The van der Waals surface area contributed by atoms with Crippen molar-refractivity contribution in [2.75, 3.05) is 27.3 Å². The van der Waals surface area contributed by atoms with Gasteiger partial charge in [0.2, 0.25) is 21.8 Å². The Morgan fingerprint density at radius 1 is 1.14 bits per heavy atom. The number of nitrogens with zero attached hydrogens (tertiary/aromatic N) is 2. The number of anilines is 3. The van der Waals surface area contributed by atoms with E-state index in [1.165, 1.54) is 6.92 Å². The molecule has 0 saturated carbocycles. The van der Waals surface area contributed by atoms with E-state index in [0.717, 1.165) is 22.7 Å². The molecule has 9 heteroatoms. The van der Waals surface area contributed by atoms with E-state index in [9.17, 15) is 18.0 Å². The third-order valence-electron chi connectivity index (χ3n) is 4.69. The van der Waals surface area contributed by atoms with Crippen LogP contribution in [0.3, 0.4) is 0 Å². The smallest absolute Gasteiger partial charge is 0.247 e. The normalized spacial score (nSPS) is 15.3. The first kappa shape index (κ1) is 21.1. The van der Waals surface area contributed by atoms with E-state index in [1.54, 1.807) is 53.4 Å². The van der Waals surface area contributed by atoms with Gasteiger partial charge in [0.15, 0.2) is 0 Å². The summed E-state index contributed by atoms with van der Waals surface area (Å²) in [5.74, 6) is -0.391. The first-order valence-electron chi connectivity index (χ1n) is 9.13. The highest BCUT2D eigenvalue weighted by Crippen LogP contribution is 2.25. The quantitative estimate of drug-likeness (QED) is 0.754. The van der Waals surface area contributed by atoms with Gasteiger partial charge in [0, 0.05) is 29.4 Å². The molecule has 1 atom stereocenters. The van der Waals surface area contributed by atoms with E-state index in [1.807, 2.05) is 0 Å².